The van der Waals surface area contributed by atoms with Gasteiger partial charge in [-0.25, -0.2) is 0 Å². The van der Waals surface area contributed by atoms with Crippen molar-refractivity contribution in [3.05, 3.63) is 12.2 Å². The summed E-state index contributed by atoms with van der Waals surface area (Å²) < 4.78 is 5.98. The van der Waals surface area contributed by atoms with Crippen LogP contribution in [0.3, 0.4) is 0 Å². The van der Waals surface area contributed by atoms with Crippen LogP contribution in [0, 0.1) is 0 Å². The number of quaternary nitrogens is 1. The fourth-order valence-corrected chi connectivity index (χ4v) is 3.53. The average Bonchev–Trinajstić information content (AvgIpc) is 2.63. The van der Waals surface area contributed by atoms with E-state index in [1.165, 1.54) is 57.8 Å². The smallest absolute Gasteiger partial charge is 0.307 e. The van der Waals surface area contributed by atoms with E-state index in [0.29, 0.717) is 17.4 Å². The zero-order valence-corrected chi connectivity index (χ0v) is 20.2. The first-order valence-corrected chi connectivity index (χ1v) is 12.1. The molecule has 0 rings (SSSR count). The number of nitrogens with zero attached hydrogens (tertiary/aromatic N) is 1. The van der Waals surface area contributed by atoms with Crippen LogP contribution >= 0.6 is 0 Å². The minimum atomic E-state index is -0.928. The molecule has 0 heterocycles. The first-order valence-electron chi connectivity index (χ1n) is 12.1. The third-order valence-corrected chi connectivity index (χ3v) is 5.09. The molecular formula is C25H48NO4+. The van der Waals surface area contributed by atoms with Gasteiger partial charge in [0.15, 0.2) is 6.10 Å². The van der Waals surface area contributed by atoms with Crippen LogP contribution in [-0.2, 0) is 14.3 Å². The second-order valence-electron chi connectivity index (χ2n) is 9.52. The van der Waals surface area contributed by atoms with Crippen molar-refractivity contribution >= 4 is 11.9 Å². The first-order chi connectivity index (χ1) is 14.2. The number of carbonyl (C=O) groups is 2. The largest absolute Gasteiger partial charge is 0.481 e. The number of ether oxygens (including phenoxy) is 1. The maximum Gasteiger partial charge on any atom is 0.307 e. The molecule has 0 spiro atoms. The van der Waals surface area contributed by atoms with E-state index in [-0.39, 0.29) is 12.4 Å². The maximum atomic E-state index is 12.0. The number of hydrogen-bond acceptors (Lipinski definition) is 3. The van der Waals surface area contributed by atoms with Gasteiger partial charge in [-0.2, -0.15) is 0 Å². The third-order valence-electron chi connectivity index (χ3n) is 5.09. The molecule has 1 atom stereocenters. The zero-order valence-electron chi connectivity index (χ0n) is 20.2. The second-order valence-corrected chi connectivity index (χ2v) is 9.52. The van der Waals surface area contributed by atoms with E-state index in [4.69, 9.17) is 9.84 Å². The van der Waals surface area contributed by atoms with Crippen LogP contribution in [0.25, 0.3) is 0 Å². The lowest BCUT2D eigenvalue weighted by Gasteiger charge is -2.28. The Hall–Kier alpha value is -1.36. The Bertz CT molecular complexity index is 468. The van der Waals surface area contributed by atoms with E-state index in [9.17, 15) is 9.59 Å². The van der Waals surface area contributed by atoms with Gasteiger partial charge in [-0.1, -0.05) is 70.4 Å². The van der Waals surface area contributed by atoms with Crippen molar-refractivity contribution < 1.29 is 23.9 Å². The van der Waals surface area contributed by atoms with Crippen molar-refractivity contribution in [1.29, 1.82) is 0 Å². The summed E-state index contributed by atoms with van der Waals surface area (Å²) in [7, 11) is 5.89. The number of carboxylic acid groups (broad SMARTS) is 1. The highest BCUT2D eigenvalue weighted by Crippen LogP contribution is 2.12. The average molecular weight is 428 g/mol. The molecule has 176 valence electrons. The number of likely N-dealkylation sites (N-methyl/N-ethyl adjacent to an activating group) is 1. The molecule has 1 N–H and O–H groups in total. The molecule has 0 amide bonds. The summed E-state index contributed by atoms with van der Waals surface area (Å²) in [6.45, 7) is 2.76. The van der Waals surface area contributed by atoms with Gasteiger partial charge >= 0.3 is 11.9 Å². The van der Waals surface area contributed by atoms with Gasteiger partial charge in [-0.3, -0.25) is 9.59 Å². The zero-order chi connectivity index (χ0) is 22.7. The fourth-order valence-electron chi connectivity index (χ4n) is 3.53. The summed E-state index contributed by atoms with van der Waals surface area (Å²) in [5.41, 5.74) is 0. The third kappa shape index (κ3) is 21.4. The number of rotatable bonds is 20. The van der Waals surface area contributed by atoms with E-state index in [0.717, 1.165) is 25.7 Å². The van der Waals surface area contributed by atoms with Gasteiger partial charge < -0.3 is 14.3 Å². The number of aliphatic carboxylic acids is 1. The van der Waals surface area contributed by atoms with E-state index >= 15 is 0 Å². The Morgan fingerprint density at radius 1 is 0.833 bits per heavy atom. The maximum absolute atomic E-state index is 12.0. The Labute approximate surface area is 185 Å². The molecule has 0 aromatic heterocycles. The molecule has 0 fully saturated rings. The lowest BCUT2D eigenvalue weighted by atomic mass is 10.1. The van der Waals surface area contributed by atoms with E-state index in [2.05, 4.69) is 19.1 Å². The first kappa shape index (κ1) is 28.6. The van der Waals surface area contributed by atoms with Gasteiger partial charge in [0.1, 0.15) is 6.54 Å². The van der Waals surface area contributed by atoms with Gasteiger partial charge in [0.25, 0.3) is 0 Å². The van der Waals surface area contributed by atoms with Crippen LogP contribution in [0.15, 0.2) is 12.2 Å². The number of allylic oxidation sites excluding steroid dienone is 2. The Kier molecular flexibility index (Phi) is 17.6. The SMILES string of the molecule is CCCCCCCC/C=C\CCCCCCC[13C](=O)O[C@H](CC(=O)O)C[N+](C)(C)C. The van der Waals surface area contributed by atoms with Crippen LogP contribution < -0.4 is 0 Å². The van der Waals surface area contributed by atoms with Crippen molar-refractivity contribution in [2.45, 2.75) is 109 Å². The topological polar surface area (TPSA) is 63.6 Å². The molecular weight excluding hydrogens is 379 g/mol. The lowest BCUT2D eigenvalue weighted by molar-refractivity contribution is -0.873. The summed E-state index contributed by atoms with van der Waals surface area (Å²) in [6, 6.07) is 0. The summed E-state index contributed by atoms with van der Waals surface area (Å²) in [6.07, 6.45) is 20.2. The minimum absolute atomic E-state index is 0.131. The molecule has 5 heteroatoms. The molecule has 0 aliphatic heterocycles. The summed E-state index contributed by atoms with van der Waals surface area (Å²) in [5, 5.41) is 9.01. The monoisotopic (exact) mass is 427 g/mol. The highest BCUT2D eigenvalue weighted by molar-refractivity contribution is 5.71. The van der Waals surface area contributed by atoms with Crippen LogP contribution in [-0.4, -0.2) is 55.3 Å². The van der Waals surface area contributed by atoms with Crippen molar-refractivity contribution in [2.75, 3.05) is 27.7 Å². The summed E-state index contributed by atoms with van der Waals surface area (Å²) in [5.74, 6) is -1.20. The molecule has 0 aromatic rings. The molecule has 0 bridgehead atoms. The molecule has 0 radical (unpaired) electrons. The van der Waals surface area contributed by atoms with E-state index in [1.54, 1.807) is 0 Å². The Balaban J connectivity index is 3.65. The molecule has 0 unspecified atom stereocenters. The standard InChI is InChI=1S/C25H47NO4/c1-5-6-7-8-9-10-11-12-13-14-15-16-17-18-19-20-25(29)30-23(21-24(27)28)22-26(2,3)4/h12-13,23H,5-11,14-22H2,1-4H3/p+1/b13-12-/t23-/m1/s1/i25+1. The van der Waals surface area contributed by atoms with Crippen LogP contribution in [0.4, 0.5) is 0 Å². The summed E-state index contributed by atoms with van der Waals surface area (Å²) in [4.78, 5) is 23.0. The van der Waals surface area contributed by atoms with Crippen LogP contribution in [0.1, 0.15) is 103 Å². The van der Waals surface area contributed by atoms with E-state index < -0.39 is 12.1 Å². The molecule has 5 nitrogen and oxygen atoms in total. The minimum Gasteiger partial charge on any atom is -0.481 e. The molecule has 0 aliphatic rings. The van der Waals surface area contributed by atoms with Gasteiger partial charge in [0, 0.05) is 6.42 Å². The van der Waals surface area contributed by atoms with E-state index in [1.807, 2.05) is 21.1 Å². The molecule has 30 heavy (non-hydrogen) atoms. The molecule has 0 saturated carbocycles. The van der Waals surface area contributed by atoms with Crippen molar-refractivity contribution in [2.24, 2.45) is 0 Å². The summed E-state index contributed by atoms with van der Waals surface area (Å²) >= 11 is 0. The van der Waals surface area contributed by atoms with Gasteiger partial charge in [-0.15, -0.1) is 0 Å². The van der Waals surface area contributed by atoms with Crippen LogP contribution in [0.2, 0.25) is 0 Å². The van der Waals surface area contributed by atoms with Crippen LogP contribution in [0.5, 0.6) is 0 Å². The number of carboxylic acids is 1. The molecule has 0 aromatic carbocycles. The molecule has 0 aliphatic carbocycles. The normalized spacial score (nSPS) is 12.9. The Morgan fingerprint density at radius 3 is 1.83 bits per heavy atom. The van der Waals surface area contributed by atoms with Crippen molar-refractivity contribution in [3.63, 3.8) is 0 Å². The lowest BCUT2D eigenvalue weighted by Crippen LogP contribution is -2.43. The highest BCUT2D eigenvalue weighted by Gasteiger charge is 2.24. The fraction of sp³-hybridized carbons (Fsp3) is 0.840. The van der Waals surface area contributed by atoms with Gasteiger partial charge in [0.05, 0.1) is 27.6 Å². The quantitative estimate of drug-likeness (QED) is 0.0836. The number of carbonyl (C=O) groups excluding carboxylic acids is 1. The number of hydrogen-bond donors (Lipinski definition) is 1. The van der Waals surface area contributed by atoms with Crippen molar-refractivity contribution in [1.82, 2.24) is 0 Å². The molecule has 0 saturated heterocycles. The highest BCUT2D eigenvalue weighted by atomic mass is 16.6. The van der Waals surface area contributed by atoms with Gasteiger partial charge in [-0.05, 0) is 32.1 Å². The van der Waals surface area contributed by atoms with Crippen molar-refractivity contribution in [3.8, 4) is 0 Å². The Morgan fingerprint density at radius 2 is 1.33 bits per heavy atom. The van der Waals surface area contributed by atoms with Gasteiger partial charge in [0.2, 0.25) is 0 Å². The predicted octanol–water partition coefficient (Wildman–Crippen LogP) is 6.12. The number of esters is 1. The second kappa shape index (κ2) is 18.4. The predicted molar refractivity (Wildman–Crippen MR) is 124 cm³/mol. The number of unbranched alkanes of at least 4 members (excludes halogenated alkanes) is 11.